The van der Waals surface area contributed by atoms with Gasteiger partial charge in [0.1, 0.15) is 11.5 Å². The Hall–Kier alpha value is -2.30. The number of amides is 1. The first-order chi connectivity index (χ1) is 8.99. The van der Waals surface area contributed by atoms with Gasteiger partial charge < -0.3 is 14.9 Å². The lowest BCUT2D eigenvalue weighted by Crippen LogP contribution is -2.23. The van der Waals surface area contributed by atoms with Gasteiger partial charge in [-0.15, -0.1) is 0 Å². The first-order valence-electron chi connectivity index (χ1n) is 5.98. The minimum atomic E-state index is -0.192. The minimum Gasteiger partial charge on any atom is -0.508 e. The van der Waals surface area contributed by atoms with Gasteiger partial charge in [-0.3, -0.25) is 4.79 Å². The molecule has 0 unspecified atom stereocenters. The van der Waals surface area contributed by atoms with Crippen LogP contribution in [0.2, 0.25) is 0 Å². The molecule has 0 spiro atoms. The summed E-state index contributed by atoms with van der Waals surface area (Å²) >= 11 is 0. The van der Waals surface area contributed by atoms with E-state index in [0.717, 1.165) is 11.3 Å². The molecule has 0 aliphatic rings. The number of nitrogens with one attached hydrogen (secondary N) is 1. The van der Waals surface area contributed by atoms with Crippen molar-refractivity contribution in [3.05, 3.63) is 46.3 Å². The largest absolute Gasteiger partial charge is 0.508 e. The number of aromatic nitrogens is 1. The van der Waals surface area contributed by atoms with Crippen molar-refractivity contribution in [3.63, 3.8) is 0 Å². The fraction of sp³-hybridized carbons (Fsp3) is 0.286. The third-order valence-corrected chi connectivity index (χ3v) is 3.07. The van der Waals surface area contributed by atoms with E-state index in [1.807, 2.05) is 13.8 Å². The monoisotopic (exact) mass is 260 g/mol. The third kappa shape index (κ3) is 2.76. The van der Waals surface area contributed by atoms with Gasteiger partial charge in [0, 0.05) is 17.7 Å². The molecule has 0 aliphatic carbocycles. The number of hydrogen-bond acceptors (Lipinski definition) is 4. The minimum absolute atomic E-state index is 0.183. The molecule has 0 fully saturated rings. The van der Waals surface area contributed by atoms with Crippen molar-refractivity contribution in [1.82, 2.24) is 10.5 Å². The number of phenols is 1. The second-order valence-corrected chi connectivity index (χ2v) is 4.49. The van der Waals surface area contributed by atoms with Crippen LogP contribution < -0.4 is 5.32 Å². The number of carbonyl (C=O) groups is 1. The number of benzene rings is 1. The number of aromatic hydroxyl groups is 1. The maximum atomic E-state index is 12.0. The van der Waals surface area contributed by atoms with Crippen molar-refractivity contribution in [1.29, 1.82) is 0 Å². The second-order valence-electron chi connectivity index (χ2n) is 4.49. The molecular weight excluding hydrogens is 244 g/mol. The fourth-order valence-corrected chi connectivity index (χ4v) is 1.82. The lowest BCUT2D eigenvalue weighted by Gasteiger charge is -2.06. The molecule has 1 amide bonds. The molecule has 2 N–H and O–H groups in total. The van der Waals surface area contributed by atoms with Crippen molar-refractivity contribution in [2.45, 2.75) is 27.3 Å². The highest BCUT2D eigenvalue weighted by Crippen LogP contribution is 2.17. The van der Waals surface area contributed by atoms with Crippen molar-refractivity contribution < 1.29 is 14.4 Å². The van der Waals surface area contributed by atoms with Gasteiger partial charge in [-0.1, -0.05) is 5.16 Å². The summed E-state index contributed by atoms with van der Waals surface area (Å²) in [5.74, 6) is 0.699. The zero-order valence-electron chi connectivity index (χ0n) is 11.2. The third-order valence-electron chi connectivity index (χ3n) is 3.07. The molecule has 2 rings (SSSR count). The first kappa shape index (κ1) is 13.1. The van der Waals surface area contributed by atoms with E-state index >= 15 is 0 Å². The lowest BCUT2D eigenvalue weighted by molar-refractivity contribution is 0.0950. The summed E-state index contributed by atoms with van der Waals surface area (Å²) in [4.78, 5) is 12.0. The Balaban J connectivity index is 2.07. The summed E-state index contributed by atoms with van der Waals surface area (Å²) in [5.41, 5.74) is 2.86. The van der Waals surface area contributed by atoms with Crippen molar-refractivity contribution in [2.24, 2.45) is 0 Å². The van der Waals surface area contributed by atoms with Gasteiger partial charge in [0.2, 0.25) is 0 Å². The van der Waals surface area contributed by atoms with Crippen LogP contribution in [-0.4, -0.2) is 16.2 Å². The molecule has 2 aromatic rings. The molecule has 5 nitrogen and oxygen atoms in total. The van der Waals surface area contributed by atoms with Gasteiger partial charge >= 0.3 is 0 Å². The fourth-order valence-electron chi connectivity index (χ4n) is 1.82. The van der Waals surface area contributed by atoms with E-state index < -0.39 is 0 Å². The maximum Gasteiger partial charge on any atom is 0.251 e. The standard InChI is InChI=1S/C14H16N2O3/c1-8-6-11(4-5-13(8)17)14(18)15-7-12-9(2)16-19-10(12)3/h4-6,17H,7H2,1-3H3,(H,15,18). The van der Waals surface area contributed by atoms with E-state index in [-0.39, 0.29) is 11.7 Å². The van der Waals surface area contributed by atoms with Gasteiger partial charge in [-0.25, -0.2) is 0 Å². The number of hydrogen-bond donors (Lipinski definition) is 2. The predicted molar refractivity (Wildman–Crippen MR) is 70.0 cm³/mol. The quantitative estimate of drug-likeness (QED) is 0.887. The number of aryl methyl sites for hydroxylation is 3. The molecule has 0 aliphatic heterocycles. The molecule has 100 valence electrons. The summed E-state index contributed by atoms with van der Waals surface area (Å²) in [7, 11) is 0. The topological polar surface area (TPSA) is 75.4 Å². The molecule has 1 aromatic heterocycles. The van der Waals surface area contributed by atoms with Crippen LogP contribution in [-0.2, 0) is 6.54 Å². The van der Waals surface area contributed by atoms with E-state index in [9.17, 15) is 9.90 Å². The molecule has 0 atom stereocenters. The van der Waals surface area contributed by atoms with Crippen LogP contribution in [0.1, 0.15) is 32.9 Å². The Morgan fingerprint density at radius 3 is 2.68 bits per heavy atom. The second kappa shape index (κ2) is 5.14. The van der Waals surface area contributed by atoms with Gasteiger partial charge in [-0.05, 0) is 44.5 Å². The summed E-state index contributed by atoms with van der Waals surface area (Å²) in [6.07, 6.45) is 0. The predicted octanol–water partition coefficient (Wildman–Crippen LogP) is 2.24. The number of nitrogens with zero attached hydrogens (tertiary/aromatic N) is 1. The number of carbonyl (C=O) groups excluding carboxylic acids is 1. The Morgan fingerprint density at radius 1 is 1.37 bits per heavy atom. The Bertz CT molecular complexity index is 598. The van der Waals surface area contributed by atoms with Crippen LogP contribution in [0, 0.1) is 20.8 Å². The average molecular weight is 260 g/mol. The van der Waals surface area contributed by atoms with Crippen LogP contribution in [0.5, 0.6) is 5.75 Å². The summed E-state index contributed by atoms with van der Waals surface area (Å²) in [6, 6.07) is 4.75. The molecule has 5 heteroatoms. The molecular formula is C14H16N2O3. The zero-order chi connectivity index (χ0) is 14.0. The normalized spacial score (nSPS) is 10.5. The van der Waals surface area contributed by atoms with Gasteiger partial charge in [0.15, 0.2) is 0 Å². The van der Waals surface area contributed by atoms with Crippen molar-refractivity contribution in [2.75, 3.05) is 0 Å². The van der Waals surface area contributed by atoms with Gasteiger partial charge in [0.25, 0.3) is 5.91 Å². The Morgan fingerprint density at radius 2 is 2.11 bits per heavy atom. The molecule has 0 bridgehead atoms. The first-order valence-corrected chi connectivity index (χ1v) is 5.98. The maximum absolute atomic E-state index is 12.0. The highest BCUT2D eigenvalue weighted by atomic mass is 16.5. The molecule has 0 saturated heterocycles. The molecule has 1 aromatic carbocycles. The lowest BCUT2D eigenvalue weighted by atomic mass is 10.1. The molecule has 1 heterocycles. The van der Waals surface area contributed by atoms with Crippen molar-refractivity contribution >= 4 is 5.91 Å². The van der Waals surface area contributed by atoms with Crippen LogP contribution in [0.25, 0.3) is 0 Å². The Kier molecular flexibility index (Phi) is 3.55. The van der Waals surface area contributed by atoms with E-state index in [4.69, 9.17) is 4.52 Å². The van der Waals surface area contributed by atoms with Gasteiger partial charge in [-0.2, -0.15) is 0 Å². The SMILES string of the molecule is Cc1cc(C(=O)NCc2c(C)noc2C)ccc1O. The van der Waals surface area contributed by atoms with Gasteiger partial charge in [0.05, 0.1) is 5.69 Å². The highest BCUT2D eigenvalue weighted by Gasteiger charge is 2.12. The van der Waals surface area contributed by atoms with Crippen LogP contribution >= 0.6 is 0 Å². The number of phenolic OH excluding ortho intramolecular Hbond substituents is 1. The smallest absolute Gasteiger partial charge is 0.251 e. The molecule has 0 saturated carbocycles. The summed E-state index contributed by atoms with van der Waals surface area (Å²) in [5, 5.41) is 16.1. The Labute approximate surface area is 111 Å². The highest BCUT2D eigenvalue weighted by molar-refractivity contribution is 5.94. The molecule has 19 heavy (non-hydrogen) atoms. The summed E-state index contributed by atoms with van der Waals surface area (Å²) < 4.78 is 5.03. The van der Waals surface area contributed by atoms with E-state index in [0.29, 0.717) is 23.4 Å². The average Bonchev–Trinajstić information content (AvgIpc) is 2.69. The number of rotatable bonds is 3. The van der Waals surface area contributed by atoms with E-state index in [1.165, 1.54) is 6.07 Å². The van der Waals surface area contributed by atoms with Crippen LogP contribution in [0.3, 0.4) is 0 Å². The van der Waals surface area contributed by atoms with Crippen molar-refractivity contribution in [3.8, 4) is 5.75 Å². The van der Waals surface area contributed by atoms with E-state index in [2.05, 4.69) is 10.5 Å². The molecule has 0 radical (unpaired) electrons. The zero-order valence-corrected chi connectivity index (χ0v) is 11.2. The van der Waals surface area contributed by atoms with Crippen LogP contribution in [0.4, 0.5) is 0 Å². The summed E-state index contributed by atoms with van der Waals surface area (Å²) in [6.45, 7) is 5.77. The van der Waals surface area contributed by atoms with E-state index in [1.54, 1.807) is 19.1 Å². The van der Waals surface area contributed by atoms with Crippen LogP contribution in [0.15, 0.2) is 22.7 Å².